The molecule has 0 bridgehead atoms. The van der Waals surface area contributed by atoms with E-state index in [1.165, 1.54) is 12.1 Å². The summed E-state index contributed by atoms with van der Waals surface area (Å²) >= 11 is 0. The predicted molar refractivity (Wildman–Crippen MR) is 47.2 cm³/mol. The number of aryl methyl sites for hydroxylation is 1. The van der Waals surface area contributed by atoms with Gasteiger partial charge in [0, 0.05) is 0 Å². The van der Waals surface area contributed by atoms with E-state index < -0.39 is 10.0 Å². The molecule has 0 saturated heterocycles. The summed E-state index contributed by atoms with van der Waals surface area (Å²) in [5, 5.41) is 0. The molecule has 0 spiro atoms. The summed E-state index contributed by atoms with van der Waals surface area (Å²) in [6, 6.07) is 6.16. The minimum Gasteiger partial charge on any atom is -0.262 e. The van der Waals surface area contributed by atoms with Gasteiger partial charge < -0.3 is 0 Å². The Hall–Kier alpha value is -1.36. The van der Waals surface area contributed by atoms with Crippen LogP contribution in [0.15, 0.2) is 29.2 Å². The maximum atomic E-state index is 11.2. The molecule has 0 aliphatic carbocycles. The third kappa shape index (κ3) is 2.29. The van der Waals surface area contributed by atoms with Crippen molar-refractivity contribution in [1.82, 2.24) is 4.72 Å². The molecule has 1 rings (SSSR count). The van der Waals surface area contributed by atoms with Crippen LogP contribution in [-0.2, 0) is 14.8 Å². The highest BCUT2D eigenvalue weighted by molar-refractivity contribution is 7.90. The van der Waals surface area contributed by atoms with E-state index in [0.717, 1.165) is 12.0 Å². The molecule has 1 aromatic rings. The summed E-state index contributed by atoms with van der Waals surface area (Å²) in [7, 11) is -3.70. The van der Waals surface area contributed by atoms with E-state index in [0.29, 0.717) is 0 Å². The van der Waals surface area contributed by atoms with Crippen LogP contribution in [0.25, 0.3) is 0 Å². The van der Waals surface area contributed by atoms with Gasteiger partial charge in [-0.05, 0) is 19.1 Å². The number of amides is 1. The van der Waals surface area contributed by atoms with Gasteiger partial charge >= 0.3 is 6.41 Å². The molecule has 5 heteroatoms. The van der Waals surface area contributed by atoms with E-state index in [1.807, 2.05) is 6.92 Å². The van der Waals surface area contributed by atoms with Gasteiger partial charge in [-0.3, -0.25) is 4.79 Å². The molecule has 13 heavy (non-hydrogen) atoms. The van der Waals surface area contributed by atoms with Crippen molar-refractivity contribution in [2.75, 3.05) is 0 Å². The van der Waals surface area contributed by atoms with E-state index in [2.05, 4.69) is 0 Å². The van der Waals surface area contributed by atoms with Crippen LogP contribution < -0.4 is 4.72 Å². The first-order valence-electron chi connectivity index (χ1n) is 3.52. The molecule has 1 N–H and O–H groups in total. The number of rotatable bonds is 3. The molecule has 4 nitrogen and oxygen atoms in total. The van der Waals surface area contributed by atoms with E-state index >= 15 is 0 Å². The smallest absolute Gasteiger partial charge is 0.262 e. The molecule has 0 saturated carbocycles. The van der Waals surface area contributed by atoms with Gasteiger partial charge in [-0.2, -0.15) is 0 Å². The first kappa shape index (κ1) is 9.73. The van der Waals surface area contributed by atoms with Gasteiger partial charge in [0.25, 0.3) is 10.0 Å². The average molecular weight is 198 g/mol. The quantitative estimate of drug-likeness (QED) is 0.712. The normalized spacial score (nSPS) is 10.8. The van der Waals surface area contributed by atoms with Crippen molar-refractivity contribution in [3.63, 3.8) is 0 Å². The van der Waals surface area contributed by atoms with Crippen molar-refractivity contribution in [3.8, 4) is 0 Å². The summed E-state index contributed by atoms with van der Waals surface area (Å²) in [4.78, 5) is 9.90. The van der Waals surface area contributed by atoms with Crippen LogP contribution in [0.5, 0.6) is 0 Å². The van der Waals surface area contributed by atoms with Crippen LogP contribution in [-0.4, -0.2) is 14.8 Å². The first-order valence-corrected chi connectivity index (χ1v) is 5.00. The minimum absolute atomic E-state index is 0.0569. The molecule has 0 unspecified atom stereocenters. The number of nitrogens with one attached hydrogen (secondary N) is 1. The fourth-order valence-corrected chi connectivity index (χ4v) is 1.55. The second kappa shape index (κ2) is 3.57. The maximum absolute atomic E-state index is 11.2. The Morgan fingerprint density at radius 3 is 2.23 bits per heavy atom. The van der Waals surface area contributed by atoms with Gasteiger partial charge in [-0.15, -0.1) is 0 Å². The Kier molecular flexibility index (Phi) is 2.67. The summed E-state index contributed by atoms with van der Waals surface area (Å²) < 4.78 is 24.0. The van der Waals surface area contributed by atoms with E-state index in [-0.39, 0.29) is 4.90 Å². The number of hydrogen-bond donors (Lipinski definition) is 1. The first-order chi connectivity index (χ1) is 6.06. The van der Waals surface area contributed by atoms with Crippen molar-refractivity contribution in [1.29, 1.82) is 0 Å². The zero-order valence-electron chi connectivity index (χ0n) is 6.94. The molecule has 0 heterocycles. The van der Waals surface area contributed by atoms with Gasteiger partial charge in [-0.25, -0.2) is 13.1 Å². The highest BCUT2D eigenvalue weighted by atomic mass is 32.2. The topological polar surface area (TPSA) is 63.2 Å². The van der Waals surface area contributed by atoms with Gasteiger partial charge in [0.2, 0.25) is 0 Å². The average Bonchev–Trinajstić information content (AvgIpc) is 2.05. The monoisotopic (exact) mass is 198 g/mol. The fourth-order valence-electron chi connectivity index (χ4n) is 0.831. The zero-order valence-corrected chi connectivity index (χ0v) is 7.76. The molecule has 1 aromatic carbocycles. The Balaban J connectivity index is 3.08. The van der Waals surface area contributed by atoms with E-state index in [1.54, 1.807) is 16.9 Å². The Labute approximate surface area is 76.6 Å². The molecule has 0 aliphatic heterocycles. The maximum Gasteiger partial charge on any atom is 0.324 e. The SMILES string of the molecule is Cc1ccc(S(=O)(=O)N[C]=O)cc1. The summed E-state index contributed by atoms with van der Waals surface area (Å²) in [5.74, 6) is 0. The number of benzene rings is 1. The molecule has 0 fully saturated rings. The van der Waals surface area contributed by atoms with Gasteiger partial charge in [0.05, 0.1) is 4.90 Å². The lowest BCUT2D eigenvalue weighted by molar-refractivity contribution is 0.547. The van der Waals surface area contributed by atoms with Crippen LogP contribution in [0, 0.1) is 6.92 Å². The molecule has 69 valence electrons. The molecule has 0 aliphatic rings. The van der Waals surface area contributed by atoms with Crippen LogP contribution in [0.4, 0.5) is 0 Å². The molecule has 0 atom stereocenters. The van der Waals surface area contributed by atoms with Gasteiger partial charge in [0.15, 0.2) is 0 Å². The third-order valence-corrected chi connectivity index (χ3v) is 2.75. The second-order valence-electron chi connectivity index (χ2n) is 2.52. The lowest BCUT2D eigenvalue weighted by Gasteiger charge is -2.00. The van der Waals surface area contributed by atoms with Crippen LogP contribution >= 0.6 is 0 Å². The van der Waals surface area contributed by atoms with Crippen LogP contribution in [0.2, 0.25) is 0 Å². The molecular formula is C8H8NO3S. The summed E-state index contributed by atoms with van der Waals surface area (Å²) in [5.41, 5.74) is 0.953. The molecule has 1 amide bonds. The highest BCUT2D eigenvalue weighted by Crippen LogP contribution is 2.08. The molecular weight excluding hydrogens is 190 g/mol. The minimum atomic E-state index is -3.70. The van der Waals surface area contributed by atoms with Crippen molar-refractivity contribution in [3.05, 3.63) is 29.8 Å². The zero-order chi connectivity index (χ0) is 9.90. The summed E-state index contributed by atoms with van der Waals surface area (Å²) in [6.45, 7) is 1.84. The number of sulfonamides is 1. The number of carbonyl (C=O) groups excluding carboxylic acids is 1. The lowest BCUT2D eigenvalue weighted by Crippen LogP contribution is -2.21. The van der Waals surface area contributed by atoms with E-state index in [4.69, 9.17) is 0 Å². The molecule has 1 radical (unpaired) electrons. The second-order valence-corrected chi connectivity index (χ2v) is 4.20. The Bertz CT molecular complexity index is 394. The number of hydrogen-bond acceptors (Lipinski definition) is 3. The Morgan fingerprint density at radius 1 is 1.23 bits per heavy atom. The van der Waals surface area contributed by atoms with Gasteiger partial charge in [-0.1, -0.05) is 17.7 Å². The van der Waals surface area contributed by atoms with Crippen molar-refractivity contribution in [2.45, 2.75) is 11.8 Å². The molecule has 0 aromatic heterocycles. The largest absolute Gasteiger partial charge is 0.324 e. The third-order valence-electron chi connectivity index (χ3n) is 1.51. The fraction of sp³-hybridized carbons (Fsp3) is 0.125. The van der Waals surface area contributed by atoms with Gasteiger partial charge in [0.1, 0.15) is 0 Å². The van der Waals surface area contributed by atoms with Crippen LogP contribution in [0.1, 0.15) is 5.56 Å². The van der Waals surface area contributed by atoms with Crippen molar-refractivity contribution < 1.29 is 13.2 Å². The Morgan fingerprint density at radius 2 is 1.77 bits per heavy atom. The standard InChI is InChI=1S/C8H8NO3S/c1-7-2-4-8(5-3-7)13(11,12)9-6-10/h2-5H,1H3,(H,9,10). The van der Waals surface area contributed by atoms with E-state index in [9.17, 15) is 13.2 Å². The van der Waals surface area contributed by atoms with Crippen molar-refractivity contribution >= 4 is 16.4 Å². The highest BCUT2D eigenvalue weighted by Gasteiger charge is 2.11. The van der Waals surface area contributed by atoms with Crippen molar-refractivity contribution in [2.24, 2.45) is 0 Å². The van der Waals surface area contributed by atoms with Crippen LogP contribution in [0.3, 0.4) is 0 Å². The predicted octanol–water partition coefficient (Wildman–Crippen LogP) is 0.341. The summed E-state index contributed by atoms with van der Waals surface area (Å²) in [6.07, 6.45) is 1.13. The lowest BCUT2D eigenvalue weighted by atomic mass is 10.2.